The molecule has 8 nitrogen and oxygen atoms in total. The molecule has 144 valence electrons. The lowest BCUT2D eigenvalue weighted by molar-refractivity contribution is 0.0949. The first-order valence-electron chi connectivity index (χ1n) is 9.16. The van der Waals surface area contributed by atoms with Crippen molar-refractivity contribution in [1.82, 2.24) is 19.7 Å². The van der Waals surface area contributed by atoms with Gasteiger partial charge in [0.15, 0.2) is 0 Å². The Morgan fingerprint density at radius 3 is 2.86 bits per heavy atom. The van der Waals surface area contributed by atoms with E-state index in [0.29, 0.717) is 25.4 Å². The molecular weight excluding hydrogens is 358 g/mol. The van der Waals surface area contributed by atoms with E-state index in [-0.39, 0.29) is 11.1 Å². The molecule has 0 spiro atoms. The maximum Gasteiger partial charge on any atom is 0.270 e. The summed E-state index contributed by atoms with van der Waals surface area (Å²) >= 11 is 0. The number of aryl methyl sites for hydroxylation is 1. The van der Waals surface area contributed by atoms with Crippen LogP contribution >= 0.6 is 0 Å². The molecule has 1 saturated heterocycles. The largest absolute Gasteiger partial charge is 0.378 e. The van der Waals surface area contributed by atoms with Crippen LogP contribution in [0.4, 0.5) is 5.82 Å². The van der Waals surface area contributed by atoms with Gasteiger partial charge >= 0.3 is 0 Å². The summed E-state index contributed by atoms with van der Waals surface area (Å²) in [5.74, 6) is 0.412. The van der Waals surface area contributed by atoms with Gasteiger partial charge in [-0.05, 0) is 42.3 Å². The van der Waals surface area contributed by atoms with Crippen molar-refractivity contribution in [1.29, 1.82) is 0 Å². The first-order valence-corrected chi connectivity index (χ1v) is 9.16. The zero-order valence-corrected chi connectivity index (χ0v) is 15.6. The minimum absolute atomic E-state index is 0.0174. The Labute approximate surface area is 161 Å². The van der Waals surface area contributed by atoms with E-state index in [1.54, 1.807) is 18.5 Å². The number of nitrogens with one attached hydrogen (secondary N) is 1. The minimum atomic E-state index is -0.447. The smallest absolute Gasteiger partial charge is 0.270 e. The van der Waals surface area contributed by atoms with Gasteiger partial charge in [-0.2, -0.15) is 0 Å². The van der Waals surface area contributed by atoms with Crippen LogP contribution in [0.5, 0.6) is 0 Å². The number of pyridine rings is 2. The lowest BCUT2D eigenvalue weighted by atomic mass is 10.2. The van der Waals surface area contributed by atoms with Crippen molar-refractivity contribution < 1.29 is 9.53 Å². The summed E-state index contributed by atoms with van der Waals surface area (Å²) in [6.07, 6.45) is 4.69. The van der Waals surface area contributed by atoms with Crippen molar-refractivity contribution in [2.24, 2.45) is 0 Å². The van der Waals surface area contributed by atoms with Gasteiger partial charge in [-0.25, -0.2) is 9.97 Å². The van der Waals surface area contributed by atoms with Gasteiger partial charge in [-0.3, -0.25) is 14.0 Å². The van der Waals surface area contributed by atoms with Crippen LogP contribution in [0.1, 0.15) is 21.5 Å². The van der Waals surface area contributed by atoms with Crippen LogP contribution in [0.2, 0.25) is 0 Å². The third kappa shape index (κ3) is 3.72. The van der Waals surface area contributed by atoms with E-state index in [2.05, 4.69) is 20.2 Å². The van der Waals surface area contributed by atoms with E-state index in [0.717, 1.165) is 30.0 Å². The SMILES string of the molecule is Cc1ccn2c(=O)c(C(=O)NCc3ccnc(N4CCOCC4)c3)cnc2c1. The van der Waals surface area contributed by atoms with Crippen LogP contribution in [-0.2, 0) is 11.3 Å². The third-order valence-corrected chi connectivity index (χ3v) is 4.71. The fourth-order valence-electron chi connectivity index (χ4n) is 3.15. The molecule has 1 aliphatic heterocycles. The van der Waals surface area contributed by atoms with Gasteiger partial charge in [0.05, 0.1) is 13.2 Å². The molecule has 3 aromatic heterocycles. The highest BCUT2D eigenvalue weighted by Gasteiger charge is 2.15. The molecule has 1 fully saturated rings. The number of amides is 1. The number of anilines is 1. The first-order chi connectivity index (χ1) is 13.6. The molecule has 0 saturated carbocycles. The molecule has 0 radical (unpaired) electrons. The number of rotatable bonds is 4. The summed E-state index contributed by atoms with van der Waals surface area (Å²) in [7, 11) is 0. The second-order valence-corrected chi connectivity index (χ2v) is 6.71. The van der Waals surface area contributed by atoms with Crippen molar-refractivity contribution in [3.05, 3.63) is 69.9 Å². The summed E-state index contributed by atoms with van der Waals surface area (Å²) in [5, 5.41) is 2.80. The number of ether oxygens (including phenoxy) is 1. The highest BCUT2D eigenvalue weighted by atomic mass is 16.5. The van der Waals surface area contributed by atoms with E-state index in [1.165, 1.54) is 10.6 Å². The Morgan fingerprint density at radius 2 is 2.04 bits per heavy atom. The van der Waals surface area contributed by atoms with E-state index in [9.17, 15) is 9.59 Å². The Bertz CT molecular complexity index is 1070. The van der Waals surface area contributed by atoms with Crippen molar-refractivity contribution >= 4 is 17.4 Å². The summed E-state index contributed by atoms with van der Waals surface area (Å²) in [4.78, 5) is 35.9. The standard InChI is InChI=1S/C20H21N5O3/c1-14-3-5-25-18(10-14)22-13-16(20(25)27)19(26)23-12-15-2-4-21-17(11-15)24-6-8-28-9-7-24/h2-5,10-11,13H,6-9,12H2,1H3,(H,23,26). The summed E-state index contributed by atoms with van der Waals surface area (Å²) in [5.41, 5.74) is 2.06. The van der Waals surface area contributed by atoms with Crippen molar-refractivity contribution in [2.75, 3.05) is 31.2 Å². The quantitative estimate of drug-likeness (QED) is 0.732. The molecule has 0 bridgehead atoms. The first kappa shape index (κ1) is 18.1. The maximum absolute atomic E-state index is 12.6. The van der Waals surface area contributed by atoms with Crippen molar-refractivity contribution in [2.45, 2.75) is 13.5 Å². The number of fused-ring (bicyclic) bond motifs is 1. The zero-order chi connectivity index (χ0) is 19.5. The fraction of sp³-hybridized carbons (Fsp3) is 0.300. The Hall–Kier alpha value is -3.26. The van der Waals surface area contributed by atoms with Gasteiger partial charge < -0.3 is 15.0 Å². The second kappa shape index (κ2) is 7.77. The molecule has 0 atom stereocenters. The molecule has 8 heteroatoms. The summed E-state index contributed by atoms with van der Waals surface area (Å²) < 4.78 is 6.74. The minimum Gasteiger partial charge on any atom is -0.378 e. The highest BCUT2D eigenvalue weighted by molar-refractivity contribution is 5.93. The number of hydrogen-bond donors (Lipinski definition) is 1. The van der Waals surface area contributed by atoms with Gasteiger partial charge in [0, 0.05) is 38.2 Å². The van der Waals surface area contributed by atoms with Gasteiger partial charge in [0.2, 0.25) is 0 Å². The number of morpholine rings is 1. The predicted octanol–water partition coefficient (Wildman–Crippen LogP) is 1.16. The summed E-state index contributed by atoms with van der Waals surface area (Å²) in [6.45, 7) is 5.17. The molecule has 28 heavy (non-hydrogen) atoms. The third-order valence-electron chi connectivity index (χ3n) is 4.71. The number of aromatic nitrogens is 3. The second-order valence-electron chi connectivity index (χ2n) is 6.71. The molecule has 0 aromatic carbocycles. The summed E-state index contributed by atoms with van der Waals surface area (Å²) in [6, 6.07) is 7.40. The maximum atomic E-state index is 12.6. The monoisotopic (exact) mass is 379 g/mol. The molecule has 1 aliphatic rings. The lowest BCUT2D eigenvalue weighted by Gasteiger charge is -2.28. The van der Waals surface area contributed by atoms with E-state index in [1.807, 2.05) is 25.1 Å². The zero-order valence-electron chi connectivity index (χ0n) is 15.6. The van der Waals surface area contributed by atoms with Crippen molar-refractivity contribution in [3.8, 4) is 0 Å². The number of hydrogen-bond acceptors (Lipinski definition) is 6. The van der Waals surface area contributed by atoms with Crippen LogP contribution in [0.25, 0.3) is 5.65 Å². The van der Waals surface area contributed by atoms with Gasteiger partial charge in [-0.15, -0.1) is 0 Å². The van der Waals surface area contributed by atoms with Gasteiger partial charge in [-0.1, -0.05) is 0 Å². The van der Waals surface area contributed by atoms with Crippen LogP contribution in [0, 0.1) is 6.92 Å². The normalized spacial score (nSPS) is 14.2. The van der Waals surface area contributed by atoms with E-state index < -0.39 is 5.91 Å². The van der Waals surface area contributed by atoms with Crippen LogP contribution in [-0.4, -0.2) is 46.6 Å². The Balaban J connectivity index is 1.49. The predicted molar refractivity (Wildman–Crippen MR) is 105 cm³/mol. The van der Waals surface area contributed by atoms with Crippen LogP contribution in [0.15, 0.2) is 47.7 Å². The molecule has 4 heterocycles. The van der Waals surface area contributed by atoms with Crippen LogP contribution in [0.3, 0.4) is 0 Å². The van der Waals surface area contributed by atoms with Crippen molar-refractivity contribution in [3.63, 3.8) is 0 Å². The molecule has 4 rings (SSSR count). The number of carbonyl (C=O) groups excluding carboxylic acids is 1. The van der Waals surface area contributed by atoms with Gasteiger partial charge in [0.1, 0.15) is 17.0 Å². The molecule has 0 aliphatic carbocycles. The number of nitrogens with zero attached hydrogens (tertiary/aromatic N) is 4. The van der Waals surface area contributed by atoms with Crippen LogP contribution < -0.4 is 15.8 Å². The molecular formula is C20H21N5O3. The molecule has 3 aromatic rings. The topological polar surface area (TPSA) is 88.8 Å². The Kier molecular flexibility index (Phi) is 5.03. The number of carbonyl (C=O) groups is 1. The average molecular weight is 379 g/mol. The fourth-order valence-corrected chi connectivity index (χ4v) is 3.15. The van der Waals surface area contributed by atoms with E-state index >= 15 is 0 Å². The lowest BCUT2D eigenvalue weighted by Crippen LogP contribution is -2.36. The molecule has 1 amide bonds. The highest BCUT2D eigenvalue weighted by Crippen LogP contribution is 2.14. The molecule has 0 unspecified atom stereocenters. The van der Waals surface area contributed by atoms with E-state index in [4.69, 9.17) is 4.74 Å². The van der Waals surface area contributed by atoms with Gasteiger partial charge in [0.25, 0.3) is 11.5 Å². The average Bonchev–Trinajstić information content (AvgIpc) is 2.73. The Morgan fingerprint density at radius 1 is 1.21 bits per heavy atom. The molecule has 1 N–H and O–H groups in total.